The van der Waals surface area contributed by atoms with E-state index < -0.39 is 0 Å². The van der Waals surface area contributed by atoms with E-state index in [1.807, 2.05) is 66.2 Å². The third-order valence-electron chi connectivity index (χ3n) is 3.92. The molecule has 1 N–H and O–H groups in total. The van der Waals surface area contributed by atoms with Crippen LogP contribution in [0.3, 0.4) is 0 Å². The van der Waals surface area contributed by atoms with Crippen molar-refractivity contribution in [1.82, 2.24) is 14.4 Å². The molecule has 122 valence electrons. The van der Waals surface area contributed by atoms with Crippen molar-refractivity contribution in [2.24, 2.45) is 0 Å². The predicted octanol–water partition coefficient (Wildman–Crippen LogP) is 3.96. The molecular formula is C20H16N4O. The first-order valence-electron chi connectivity index (χ1n) is 7.98. The summed E-state index contributed by atoms with van der Waals surface area (Å²) in [4.78, 5) is 21.4. The number of amides is 1. The minimum absolute atomic E-state index is 0.204. The van der Waals surface area contributed by atoms with E-state index >= 15 is 0 Å². The van der Waals surface area contributed by atoms with Crippen LogP contribution in [-0.4, -0.2) is 20.3 Å². The first-order chi connectivity index (χ1) is 12.2. The van der Waals surface area contributed by atoms with E-state index in [4.69, 9.17) is 0 Å². The SMILES string of the molecule is Cc1cccc(NC(=O)c2ccn3cc(-c4ccccc4)nc3c2)n1. The molecule has 1 amide bonds. The molecule has 0 fully saturated rings. The number of nitrogens with zero attached hydrogens (tertiary/aromatic N) is 3. The molecule has 5 heteroatoms. The number of pyridine rings is 2. The summed E-state index contributed by atoms with van der Waals surface area (Å²) in [6.07, 6.45) is 3.79. The molecule has 0 atom stereocenters. The highest BCUT2D eigenvalue weighted by Crippen LogP contribution is 2.19. The normalized spacial score (nSPS) is 10.8. The van der Waals surface area contributed by atoms with Gasteiger partial charge in [-0.05, 0) is 31.2 Å². The standard InChI is InChI=1S/C20H16N4O/c1-14-6-5-9-18(21-14)23-20(25)16-10-11-24-13-17(22-19(24)12-16)15-7-3-2-4-8-15/h2-13H,1H3,(H,21,23,25). The minimum Gasteiger partial charge on any atom is -0.307 e. The Bertz CT molecular complexity index is 1050. The smallest absolute Gasteiger partial charge is 0.257 e. The summed E-state index contributed by atoms with van der Waals surface area (Å²) >= 11 is 0. The van der Waals surface area contributed by atoms with Gasteiger partial charge in [-0.1, -0.05) is 36.4 Å². The molecule has 0 radical (unpaired) electrons. The zero-order valence-corrected chi connectivity index (χ0v) is 13.7. The minimum atomic E-state index is -0.204. The molecule has 4 rings (SSSR count). The molecule has 5 nitrogen and oxygen atoms in total. The van der Waals surface area contributed by atoms with Gasteiger partial charge in [0.25, 0.3) is 5.91 Å². The molecule has 25 heavy (non-hydrogen) atoms. The Hall–Kier alpha value is -3.47. The highest BCUT2D eigenvalue weighted by molar-refractivity contribution is 6.04. The number of fused-ring (bicyclic) bond motifs is 1. The van der Waals surface area contributed by atoms with Crippen molar-refractivity contribution in [3.63, 3.8) is 0 Å². The van der Waals surface area contributed by atoms with E-state index in [0.29, 0.717) is 11.4 Å². The van der Waals surface area contributed by atoms with E-state index in [1.54, 1.807) is 18.2 Å². The van der Waals surface area contributed by atoms with Gasteiger partial charge in [0.2, 0.25) is 0 Å². The zero-order valence-electron chi connectivity index (χ0n) is 13.7. The van der Waals surface area contributed by atoms with Crippen LogP contribution in [0.15, 0.2) is 73.1 Å². The fourth-order valence-electron chi connectivity index (χ4n) is 2.67. The molecule has 0 aliphatic heterocycles. The number of anilines is 1. The van der Waals surface area contributed by atoms with E-state index in [2.05, 4.69) is 15.3 Å². The van der Waals surface area contributed by atoms with Gasteiger partial charge in [0.1, 0.15) is 11.5 Å². The maximum absolute atomic E-state index is 12.5. The lowest BCUT2D eigenvalue weighted by molar-refractivity contribution is 0.102. The molecule has 0 unspecified atom stereocenters. The van der Waals surface area contributed by atoms with Crippen LogP contribution in [-0.2, 0) is 0 Å². The van der Waals surface area contributed by atoms with Gasteiger partial charge in [-0.15, -0.1) is 0 Å². The van der Waals surface area contributed by atoms with Gasteiger partial charge in [-0.25, -0.2) is 9.97 Å². The average Bonchev–Trinajstić information content (AvgIpc) is 3.06. The lowest BCUT2D eigenvalue weighted by Crippen LogP contribution is -2.13. The van der Waals surface area contributed by atoms with Crippen LogP contribution >= 0.6 is 0 Å². The third-order valence-corrected chi connectivity index (χ3v) is 3.92. The van der Waals surface area contributed by atoms with Crippen molar-refractivity contribution in [2.45, 2.75) is 6.92 Å². The molecule has 0 saturated carbocycles. The molecule has 4 aromatic rings. The van der Waals surface area contributed by atoms with Gasteiger partial charge in [0, 0.05) is 29.2 Å². The Labute approximate surface area is 145 Å². The van der Waals surface area contributed by atoms with Crippen molar-refractivity contribution >= 4 is 17.4 Å². The monoisotopic (exact) mass is 328 g/mol. The second-order valence-electron chi connectivity index (χ2n) is 5.79. The van der Waals surface area contributed by atoms with Gasteiger partial charge < -0.3 is 9.72 Å². The lowest BCUT2D eigenvalue weighted by atomic mass is 10.2. The number of carbonyl (C=O) groups excluding carboxylic acids is 1. The highest BCUT2D eigenvalue weighted by atomic mass is 16.1. The molecule has 0 aliphatic rings. The maximum atomic E-state index is 12.5. The molecule has 3 heterocycles. The summed E-state index contributed by atoms with van der Waals surface area (Å²) in [5, 5.41) is 2.82. The second kappa shape index (κ2) is 6.20. The largest absolute Gasteiger partial charge is 0.307 e. The van der Waals surface area contributed by atoms with Crippen molar-refractivity contribution < 1.29 is 4.79 Å². The summed E-state index contributed by atoms with van der Waals surface area (Å²) in [6.45, 7) is 1.89. The first kappa shape index (κ1) is 15.1. The molecule has 0 aliphatic carbocycles. The maximum Gasteiger partial charge on any atom is 0.257 e. The van der Waals surface area contributed by atoms with Gasteiger partial charge >= 0.3 is 0 Å². The summed E-state index contributed by atoms with van der Waals surface area (Å²) in [5.74, 6) is 0.336. The van der Waals surface area contributed by atoms with Crippen LogP contribution in [0, 0.1) is 6.92 Å². The molecule has 0 saturated heterocycles. The fraction of sp³-hybridized carbons (Fsp3) is 0.0500. The number of rotatable bonds is 3. The number of nitrogens with one attached hydrogen (secondary N) is 1. The van der Waals surface area contributed by atoms with E-state index in [1.165, 1.54) is 0 Å². The van der Waals surface area contributed by atoms with Crippen LogP contribution in [0.25, 0.3) is 16.9 Å². The van der Waals surface area contributed by atoms with E-state index in [9.17, 15) is 4.79 Å². The summed E-state index contributed by atoms with van der Waals surface area (Å²) in [6, 6.07) is 19.0. The Balaban J connectivity index is 1.63. The van der Waals surface area contributed by atoms with Crippen molar-refractivity contribution in [3.05, 3.63) is 84.3 Å². The zero-order chi connectivity index (χ0) is 17.2. The van der Waals surface area contributed by atoms with Gasteiger partial charge in [0.15, 0.2) is 0 Å². The quantitative estimate of drug-likeness (QED) is 0.619. The number of hydrogen-bond acceptors (Lipinski definition) is 3. The Morgan fingerprint density at radius 3 is 2.64 bits per heavy atom. The number of benzene rings is 1. The molecular weight excluding hydrogens is 312 g/mol. The van der Waals surface area contributed by atoms with Crippen LogP contribution in [0.4, 0.5) is 5.82 Å². The number of imidazole rings is 1. The molecule has 3 aromatic heterocycles. The number of aryl methyl sites for hydroxylation is 1. The molecule has 0 bridgehead atoms. The predicted molar refractivity (Wildman–Crippen MR) is 97.6 cm³/mol. The number of hydrogen-bond donors (Lipinski definition) is 1. The number of aromatic nitrogens is 3. The van der Waals surface area contributed by atoms with Crippen LogP contribution in [0.1, 0.15) is 16.1 Å². The average molecular weight is 328 g/mol. The van der Waals surface area contributed by atoms with E-state index in [0.717, 1.165) is 22.6 Å². The fourth-order valence-corrected chi connectivity index (χ4v) is 2.67. The van der Waals surface area contributed by atoms with Gasteiger partial charge in [-0.2, -0.15) is 0 Å². The van der Waals surface area contributed by atoms with Crippen LogP contribution in [0.2, 0.25) is 0 Å². The van der Waals surface area contributed by atoms with E-state index in [-0.39, 0.29) is 5.91 Å². The van der Waals surface area contributed by atoms with Gasteiger partial charge in [0.05, 0.1) is 5.69 Å². The molecule has 0 spiro atoms. The Morgan fingerprint density at radius 2 is 1.84 bits per heavy atom. The van der Waals surface area contributed by atoms with Crippen LogP contribution < -0.4 is 5.32 Å². The lowest BCUT2D eigenvalue weighted by Gasteiger charge is -2.05. The summed E-state index contributed by atoms with van der Waals surface area (Å²) in [5.41, 5.74) is 4.04. The Kier molecular flexibility index (Phi) is 3.74. The van der Waals surface area contributed by atoms with Gasteiger partial charge in [-0.3, -0.25) is 4.79 Å². The summed E-state index contributed by atoms with van der Waals surface area (Å²) < 4.78 is 1.91. The summed E-state index contributed by atoms with van der Waals surface area (Å²) in [7, 11) is 0. The molecule has 1 aromatic carbocycles. The first-order valence-corrected chi connectivity index (χ1v) is 7.98. The Morgan fingerprint density at radius 1 is 1.00 bits per heavy atom. The van der Waals surface area contributed by atoms with Crippen LogP contribution in [0.5, 0.6) is 0 Å². The van der Waals surface area contributed by atoms with Crippen molar-refractivity contribution in [3.8, 4) is 11.3 Å². The number of carbonyl (C=O) groups is 1. The van der Waals surface area contributed by atoms with Crippen molar-refractivity contribution in [1.29, 1.82) is 0 Å². The third kappa shape index (κ3) is 3.12. The topological polar surface area (TPSA) is 59.3 Å². The second-order valence-corrected chi connectivity index (χ2v) is 5.79. The highest BCUT2D eigenvalue weighted by Gasteiger charge is 2.10. The van der Waals surface area contributed by atoms with Crippen molar-refractivity contribution in [2.75, 3.05) is 5.32 Å².